The Morgan fingerprint density at radius 3 is 2.58 bits per heavy atom. The lowest BCUT2D eigenvalue weighted by molar-refractivity contribution is 0.355. The molecule has 0 bridgehead atoms. The summed E-state index contributed by atoms with van der Waals surface area (Å²) in [6, 6.07) is 12.8. The van der Waals surface area contributed by atoms with Crippen LogP contribution in [0.3, 0.4) is 0 Å². The molecule has 4 aromatic rings. The Bertz CT molecular complexity index is 1330. The Hall–Kier alpha value is -3.73. The van der Waals surface area contributed by atoms with Crippen LogP contribution in [0.15, 0.2) is 51.7 Å². The van der Waals surface area contributed by atoms with Crippen LogP contribution in [-0.4, -0.2) is 44.6 Å². The first kappa shape index (κ1) is 19.2. The van der Waals surface area contributed by atoms with Crippen LogP contribution in [0.1, 0.15) is 17.2 Å². The van der Waals surface area contributed by atoms with Crippen LogP contribution in [0.25, 0.3) is 11.3 Å². The first-order chi connectivity index (χ1) is 15.1. The number of hydrogen-bond acceptors (Lipinski definition) is 8. The fourth-order valence-electron chi connectivity index (χ4n) is 3.69. The predicted molar refractivity (Wildman–Crippen MR) is 116 cm³/mol. The summed E-state index contributed by atoms with van der Waals surface area (Å²) >= 11 is 3.47. The van der Waals surface area contributed by atoms with Gasteiger partial charge in [0.1, 0.15) is 11.7 Å². The molecule has 156 valence electrons. The number of methoxy groups -OCH3 is 2. The molecule has 0 fully saturated rings. The second-order valence-electron chi connectivity index (χ2n) is 6.79. The number of nitrogens with zero attached hydrogens (tertiary/aromatic N) is 5. The zero-order chi connectivity index (χ0) is 21.5. The molecule has 2 N–H and O–H groups in total. The first-order valence-corrected chi connectivity index (χ1v) is 10.1. The topological polar surface area (TPSA) is 120 Å². The Morgan fingerprint density at radius 2 is 1.84 bits per heavy atom. The van der Waals surface area contributed by atoms with E-state index in [-0.39, 0.29) is 5.56 Å². The highest BCUT2D eigenvalue weighted by molar-refractivity contribution is 9.10. The zero-order valence-corrected chi connectivity index (χ0v) is 18.0. The molecule has 31 heavy (non-hydrogen) atoms. The van der Waals surface area contributed by atoms with E-state index in [0.717, 1.165) is 15.6 Å². The summed E-state index contributed by atoms with van der Waals surface area (Å²) in [6.07, 6.45) is 0. The summed E-state index contributed by atoms with van der Waals surface area (Å²) in [5.41, 5.74) is 2.83. The lowest BCUT2D eigenvalue weighted by Crippen LogP contribution is -2.29. The van der Waals surface area contributed by atoms with Crippen LogP contribution in [0.4, 0.5) is 11.6 Å². The average Bonchev–Trinajstić information content (AvgIpc) is 3.27. The van der Waals surface area contributed by atoms with E-state index in [0.29, 0.717) is 34.4 Å². The molecule has 2 aromatic heterocycles. The van der Waals surface area contributed by atoms with Gasteiger partial charge in [-0.25, -0.2) is 5.10 Å². The largest absolute Gasteiger partial charge is 0.493 e. The van der Waals surface area contributed by atoms with Gasteiger partial charge in [-0.1, -0.05) is 33.2 Å². The van der Waals surface area contributed by atoms with Crippen molar-refractivity contribution < 1.29 is 9.47 Å². The molecule has 10 nitrogen and oxygen atoms in total. The van der Waals surface area contributed by atoms with Gasteiger partial charge in [0.05, 0.1) is 19.9 Å². The van der Waals surface area contributed by atoms with Gasteiger partial charge in [-0.05, 0) is 46.3 Å². The normalized spacial score (nSPS) is 14.4. The van der Waals surface area contributed by atoms with Gasteiger partial charge < -0.3 is 14.8 Å². The molecule has 1 aliphatic rings. The Kier molecular flexibility index (Phi) is 4.66. The van der Waals surface area contributed by atoms with Crippen molar-refractivity contribution in [1.29, 1.82) is 0 Å². The van der Waals surface area contributed by atoms with Crippen LogP contribution in [0.2, 0.25) is 0 Å². The van der Waals surface area contributed by atoms with Crippen molar-refractivity contribution in [3.8, 4) is 22.8 Å². The lowest BCUT2D eigenvalue weighted by Gasteiger charge is -2.28. The Balaban J connectivity index is 1.78. The van der Waals surface area contributed by atoms with Gasteiger partial charge in [0.15, 0.2) is 11.5 Å². The van der Waals surface area contributed by atoms with Crippen molar-refractivity contribution in [1.82, 2.24) is 30.4 Å². The minimum absolute atomic E-state index is 0.343. The third-order valence-corrected chi connectivity index (χ3v) is 5.64. The molecule has 0 saturated heterocycles. The number of nitrogens with one attached hydrogen (secondary N) is 2. The standard InChI is InChI=1S/C20H16BrN7O3/c1-30-13-8-5-11(9-14(13)31-2)16-15-17(19(29)24-23-16)22-20-25-26-27-28(20)18(15)10-3-6-12(21)7-4-10/h3-9,18H,1-2H3,(H,24,29)(H,22,25,27)/t18-/m1/s1. The van der Waals surface area contributed by atoms with E-state index in [4.69, 9.17) is 9.47 Å². The minimum atomic E-state index is -0.466. The second kappa shape index (κ2) is 7.51. The van der Waals surface area contributed by atoms with Gasteiger partial charge >= 0.3 is 0 Å². The predicted octanol–water partition coefficient (Wildman–Crippen LogP) is 2.90. The Morgan fingerprint density at radius 1 is 1.06 bits per heavy atom. The summed E-state index contributed by atoms with van der Waals surface area (Å²) in [4.78, 5) is 12.7. The fourth-order valence-corrected chi connectivity index (χ4v) is 3.96. The van der Waals surface area contributed by atoms with Crippen LogP contribution < -0.4 is 20.3 Å². The second-order valence-corrected chi connectivity index (χ2v) is 7.70. The summed E-state index contributed by atoms with van der Waals surface area (Å²) in [7, 11) is 3.14. The van der Waals surface area contributed by atoms with Crippen molar-refractivity contribution >= 4 is 27.6 Å². The first-order valence-electron chi connectivity index (χ1n) is 9.26. The number of rotatable bonds is 4. The number of ether oxygens (including phenoxy) is 2. The average molecular weight is 482 g/mol. The quantitative estimate of drug-likeness (QED) is 0.402. The van der Waals surface area contributed by atoms with Crippen molar-refractivity contribution in [2.24, 2.45) is 0 Å². The summed E-state index contributed by atoms with van der Waals surface area (Å²) in [6.45, 7) is 0. The number of H-pyrrole nitrogens is 1. The molecule has 0 aliphatic carbocycles. The highest BCUT2D eigenvalue weighted by Gasteiger charge is 2.34. The van der Waals surface area contributed by atoms with Crippen LogP contribution >= 0.6 is 15.9 Å². The van der Waals surface area contributed by atoms with E-state index in [1.54, 1.807) is 25.0 Å². The van der Waals surface area contributed by atoms with Crippen molar-refractivity contribution in [3.05, 3.63) is 68.4 Å². The molecule has 3 heterocycles. The van der Waals surface area contributed by atoms with Gasteiger partial charge in [0.2, 0.25) is 5.95 Å². The van der Waals surface area contributed by atoms with E-state index < -0.39 is 6.04 Å². The maximum atomic E-state index is 12.7. The van der Waals surface area contributed by atoms with Crippen LogP contribution in [0.5, 0.6) is 11.5 Å². The molecular weight excluding hydrogens is 466 g/mol. The van der Waals surface area contributed by atoms with E-state index in [9.17, 15) is 4.79 Å². The number of hydrogen-bond donors (Lipinski definition) is 2. The molecule has 1 aliphatic heterocycles. The molecule has 0 radical (unpaired) electrons. The van der Waals surface area contributed by atoms with E-state index >= 15 is 0 Å². The summed E-state index contributed by atoms with van der Waals surface area (Å²) in [5, 5.41) is 21.9. The third kappa shape index (κ3) is 3.13. The van der Waals surface area contributed by atoms with Crippen molar-refractivity contribution in [3.63, 3.8) is 0 Å². The SMILES string of the molecule is COc1ccc(-c2n[nH]c(=O)c3c2[C@@H](c2ccc(Br)cc2)n2nnnc2N3)cc1OC. The van der Waals surface area contributed by atoms with E-state index in [2.05, 4.69) is 47.0 Å². The monoisotopic (exact) mass is 481 g/mol. The molecule has 2 aromatic carbocycles. The van der Waals surface area contributed by atoms with Gasteiger partial charge in [0.25, 0.3) is 5.56 Å². The van der Waals surface area contributed by atoms with Crippen LogP contribution in [0, 0.1) is 0 Å². The van der Waals surface area contributed by atoms with Gasteiger partial charge in [-0.15, -0.1) is 0 Å². The van der Waals surface area contributed by atoms with Gasteiger partial charge in [0, 0.05) is 15.6 Å². The number of anilines is 2. The van der Waals surface area contributed by atoms with Crippen molar-refractivity contribution in [2.75, 3.05) is 19.5 Å². The number of tetrazole rings is 1. The zero-order valence-electron chi connectivity index (χ0n) is 16.5. The number of aromatic nitrogens is 6. The van der Waals surface area contributed by atoms with E-state index in [1.165, 1.54) is 0 Å². The van der Waals surface area contributed by atoms with Gasteiger partial charge in [-0.3, -0.25) is 4.79 Å². The molecule has 11 heteroatoms. The number of benzene rings is 2. The molecular formula is C20H16BrN7O3. The molecule has 5 rings (SSSR count). The fraction of sp³-hybridized carbons (Fsp3) is 0.150. The number of aromatic amines is 1. The van der Waals surface area contributed by atoms with Crippen molar-refractivity contribution in [2.45, 2.75) is 6.04 Å². The summed E-state index contributed by atoms with van der Waals surface area (Å²) < 4.78 is 13.4. The molecule has 0 unspecified atom stereocenters. The maximum absolute atomic E-state index is 12.7. The van der Waals surface area contributed by atoms with Crippen LogP contribution in [-0.2, 0) is 0 Å². The summed E-state index contributed by atoms with van der Waals surface area (Å²) in [5.74, 6) is 1.51. The Labute approximate surface area is 184 Å². The minimum Gasteiger partial charge on any atom is -0.493 e. The molecule has 0 amide bonds. The third-order valence-electron chi connectivity index (χ3n) is 5.11. The smallest absolute Gasteiger partial charge is 0.288 e. The van der Waals surface area contributed by atoms with Gasteiger partial charge in [-0.2, -0.15) is 9.78 Å². The number of halogens is 1. The highest BCUT2D eigenvalue weighted by Crippen LogP contribution is 2.42. The molecule has 0 spiro atoms. The molecule has 1 atom stereocenters. The van der Waals surface area contributed by atoms with E-state index in [1.807, 2.05) is 36.4 Å². The molecule has 0 saturated carbocycles. The number of fused-ring (bicyclic) bond motifs is 2. The lowest BCUT2D eigenvalue weighted by atomic mass is 9.92. The highest BCUT2D eigenvalue weighted by atomic mass is 79.9. The maximum Gasteiger partial charge on any atom is 0.288 e.